The topological polar surface area (TPSA) is 109 Å². The Morgan fingerprint density at radius 3 is 2.61 bits per heavy atom. The lowest BCUT2D eigenvalue weighted by atomic mass is 10.1. The molecule has 0 fully saturated rings. The number of H-pyrrole nitrogens is 1. The number of pyridine rings is 1. The van der Waals surface area contributed by atoms with Crippen LogP contribution in [0.15, 0.2) is 41.1 Å². The molecule has 0 aliphatic heterocycles. The molecule has 1 aromatic carbocycles. The number of methoxy groups -OCH3 is 1. The number of likely N-dealkylation sites (N-methyl/N-ethyl adjacent to an activating group) is 1. The summed E-state index contributed by atoms with van der Waals surface area (Å²) in [4.78, 5) is 34.5. The molecule has 0 bridgehead atoms. The van der Waals surface area contributed by atoms with Gasteiger partial charge in [0.25, 0.3) is 0 Å². The van der Waals surface area contributed by atoms with Gasteiger partial charge in [-0.15, -0.1) is 0 Å². The number of carbonyl (C=O) groups excluding carboxylic acids is 2. The minimum absolute atomic E-state index is 0.371. The smallest absolute Gasteiger partial charge is 0.407 e. The molecule has 0 saturated carbocycles. The van der Waals surface area contributed by atoms with Crippen molar-refractivity contribution in [2.75, 3.05) is 45.7 Å². The van der Waals surface area contributed by atoms with Crippen LogP contribution >= 0.6 is 11.3 Å². The van der Waals surface area contributed by atoms with Crippen molar-refractivity contribution in [2.24, 2.45) is 0 Å². The zero-order valence-electron chi connectivity index (χ0n) is 22.5. The lowest BCUT2D eigenvalue weighted by molar-refractivity contribution is 0.0522. The van der Waals surface area contributed by atoms with Gasteiger partial charge in [0.2, 0.25) is 0 Å². The van der Waals surface area contributed by atoms with Crippen molar-refractivity contribution in [1.82, 2.24) is 20.2 Å². The van der Waals surface area contributed by atoms with Crippen LogP contribution in [0.1, 0.15) is 42.4 Å². The monoisotopic (exact) mass is 537 g/mol. The predicted molar refractivity (Wildman–Crippen MR) is 152 cm³/mol. The van der Waals surface area contributed by atoms with Crippen LogP contribution in [0.2, 0.25) is 0 Å². The Morgan fingerprint density at radius 2 is 1.89 bits per heavy atom. The molecule has 9 nitrogen and oxygen atoms in total. The fourth-order valence-corrected chi connectivity index (χ4v) is 4.85. The normalized spacial score (nSPS) is 11.7. The number of alkyl carbamates (subject to hydrolysis) is 1. The molecule has 0 atom stereocenters. The zero-order chi connectivity index (χ0) is 27.3. The first kappa shape index (κ1) is 27.4. The molecule has 0 spiro atoms. The first-order chi connectivity index (χ1) is 18.1. The number of ether oxygens (including phenoxy) is 2. The number of rotatable bonds is 10. The first-order valence-electron chi connectivity index (χ1n) is 12.6. The van der Waals surface area contributed by atoms with Crippen LogP contribution in [0, 0.1) is 0 Å². The number of hydrogen-bond acceptors (Lipinski definition) is 8. The van der Waals surface area contributed by atoms with Crippen LogP contribution < -0.4 is 10.6 Å². The van der Waals surface area contributed by atoms with Gasteiger partial charge in [-0.3, -0.25) is 0 Å². The molecule has 0 unspecified atom stereocenters. The van der Waals surface area contributed by atoms with Crippen LogP contribution in [0.5, 0.6) is 0 Å². The average Bonchev–Trinajstić information content (AvgIpc) is 3.49. The van der Waals surface area contributed by atoms with E-state index in [1.165, 1.54) is 12.7 Å². The minimum atomic E-state index is -0.514. The summed E-state index contributed by atoms with van der Waals surface area (Å²) in [5.74, 6) is 0.425. The molecule has 38 heavy (non-hydrogen) atoms. The molecule has 202 valence electrons. The van der Waals surface area contributed by atoms with E-state index in [2.05, 4.69) is 43.4 Å². The Bertz CT molecular complexity index is 1410. The van der Waals surface area contributed by atoms with Crippen LogP contribution in [-0.4, -0.2) is 72.9 Å². The zero-order valence-corrected chi connectivity index (χ0v) is 23.3. The number of anilines is 1. The fourth-order valence-electron chi connectivity index (χ4n) is 4.19. The van der Waals surface area contributed by atoms with E-state index in [9.17, 15) is 9.59 Å². The van der Waals surface area contributed by atoms with Gasteiger partial charge >= 0.3 is 12.1 Å². The Morgan fingerprint density at radius 1 is 1.11 bits per heavy atom. The molecule has 0 radical (unpaired) electrons. The highest BCUT2D eigenvalue weighted by molar-refractivity contribution is 7.07. The van der Waals surface area contributed by atoms with Gasteiger partial charge in [-0.05, 0) is 68.4 Å². The van der Waals surface area contributed by atoms with E-state index in [1.54, 1.807) is 17.4 Å². The number of nitrogens with one attached hydrogen (secondary N) is 3. The molecule has 10 heteroatoms. The molecule has 3 aromatic heterocycles. The SMILES string of the molecule is COC(=O)c1ccc2c(c1)[nH]c1cc(Cc3ccsc3)nc(NCCN(C)CCNC(=O)OC(C)(C)C)c12. The van der Waals surface area contributed by atoms with E-state index in [1.807, 2.05) is 40.0 Å². The van der Waals surface area contributed by atoms with Gasteiger partial charge in [0, 0.05) is 54.6 Å². The van der Waals surface area contributed by atoms with Gasteiger partial charge < -0.3 is 30.0 Å². The van der Waals surface area contributed by atoms with Gasteiger partial charge in [0.15, 0.2) is 0 Å². The number of hydrogen-bond donors (Lipinski definition) is 3. The third-order valence-corrected chi connectivity index (χ3v) is 6.70. The molecule has 1 amide bonds. The van der Waals surface area contributed by atoms with Crippen molar-refractivity contribution < 1.29 is 19.1 Å². The quantitative estimate of drug-likeness (QED) is 0.244. The van der Waals surface area contributed by atoms with Crippen molar-refractivity contribution in [2.45, 2.75) is 32.8 Å². The number of carbonyl (C=O) groups is 2. The Balaban J connectivity index is 1.48. The summed E-state index contributed by atoms with van der Waals surface area (Å²) in [6, 6.07) is 9.70. The van der Waals surface area contributed by atoms with Crippen molar-refractivity contribution >= 4 is 51.0 Å². The highest BCUT2D eigenvalue weighted by Crippen LogP contribution is 2.32. The molecule has 4 rings (SSSR count). The van der Waals surface area contributed by atoms with Crippen molar-refractivity contribution in [1.29, 1.82) is 0 Å². The summed E-state index contributed by atoms with van der Waals surface area (Å²) in [6.07, 6.45) is 0.320. The van der Waals surface area contributed by atoms with Gasteiger partial charge in [0.05, 0.1) is 18.2 Å². The van der Waals surface area contributed by atoms with E-state index in [0.717, 1.165) is 46.3 Å². The maximum absolute atomic E-state index is 12.1. The van der Waals surface area contributed by atoms with E-state index in [-0.39, 0.29) is 5.97 Å². The second-order valence-corrected chi connectivity index (χ2v) is 11.0. The second kappa shape index (κ2) is 11.8. The Labute approximate surface area is 226 Å². The van der Waals surface area contributed by atoms with Crippen LogP contribution in [0.3, 0.4) is 0 Å². The molecule has 0 aliphatic carbocycles. The van der Waals surface area contributed by atoms with Gasteiger partial charge in [-0.25, -0.2) is 14.6 Å². The molecule has 3 heterocycles. The molecule has 0 aliphatic rings. The number of benzene rings is 1. The standard InChI is InChI=1S/C28H35N5O4S/c1-28(2,3)37-27(35)30-10-12-33(4)11-9-29-25-24-21-7-6-19(26(34)36-5)15-22(21)32-23(24)16-20(31-25)14-18-8-13-38-17-18/h6-8,13,15-17,32H,9-12,14H2,1-5H3,(H,29,31)(H,30,35). The lowest BCUT2D eigenvalue weighted by Crippen LogP contribution is -2.38. The summed E-state index contributed by atoms with van der Waals surface area (Å²) in [7, 11) is 3.39. The number of fused-ring (bicyclic) bond motifs is 3. The van der Waals surface area contributed by atoms with Crippen LogP contribution in [-0.2, 0) is 15.9 Å². The van der Waals surface area contributed by atoms with Crippen molar-refractivity contribution in [3.63, 3.8) is 0 Å². The number of esters is 1. The minimum Gasteiger partial charge on any atom is -0.465 e. The summed E-state index contributed by atoms with van der Waals surface area (Å²) < 4.78 is 10.2. The third kappa shape index (κ3) is 7.02. The van der Waals surface area contributed by atoms with E-state index in [0.29, 0.717) is 25.2 Å². The highest BCUT2D eigenvalue weighted by Gasteiger charge is 2.17. The highest BCUT2D eigenvalue weighted by atomic mass is 32.1. The molecule has 3 N–H and O–H groups in total. The number of aromatic amines is 1. The number of amides is 1. The van der Waals surface area contributed by atoms with Crippen molar-refractivity contribution in [3.05, 3.63) is 57.9 Å². The van der Waals surface area contributed by atoms with Gasteiger partial charge in [-0.1, -0.05) is 6.07 Å². The molecule has 0 saturated heterocycles. The second-order valence-electron chi connectivity index (χ2n) is 10.2. The van der Waals surface area contributed by atoms with Crippen LogP contribution in [0.25, 0.3) is 21.8 Å². The summed E-state index contributed by atoms with van der Waals surface area (Å²) in [6.45, 7) is 8.13. The maximum atomic E-state index is 12.1. The predicted octanol–water partition coefficient (Wildman–Crippen LogP) is 5.02. The molecule has 4 aromatic rings. The van der Waals surface area contributed by atoms with E-state index < -0.39 is 11.7 Å². The number of thiophene rings is 1. The Kier molecular flexibility index (Phi) is 8.53. The average molecular weight is 538 g/mol. The number of nitrogens with zero attached hydrogens (tertiary/aromatic N) is 2. The third-order valence-electron chi connectivity index (χ3n) is 5.96. The summed E-state index contributed by atoms with van der Waals surface area (Å²) >= 11 is 1.67. The molecular weight excluding hydrogens is 502 g/mol. The first-order valence-corrected chi connectivity index (χ1v) is 13.5. The van der Waals surface area contributed by atoms with E-state index in [4.69, 9.17) is 14.5 Å². The molecular formula is C28H35N5O4S. The lowest BCUT2D eigenvalue weighted by Gasteiger charge is -2.21. The summed E-state index contributed by atoms with van der Waals surface area (Å²) in [5.41, 5.74) is 3.96. The largest absolute Gasteiger partial charge is 0.465 e. The number of aromatic nitrogens is 2. The fraction of sp³-hybridized carbons (Fsp3) is 0.393. The van der Waals surface area contributed by atoms with Gasteiger partial charge in [0.1, 0.15) is 11.4 Å². The van der Waals surface area contributed by atoms with Crippen LogP contribution in [0.4, 0.5) is 10.6 Å². The van der Waals surface area contributed by atoms with Gasteiger partial charge in [-0.2, -0.15) is 11.3 Å². The maximum Gasteiger partial charge on any atom is 0.407 e. The van der Waals surface area contributed by atoms with E-state index >= 15 is 0 Å². The Hall–Kier alpha value is -3.63. The summed E-state index contributed by atoms with van der Waals surface area (Å²) in [5, 5.41) is 12.5. The van der Waals surface area contributed by atoms with Crippen molar-refractivity contribution in [3.8, 4) is 0 Å².